The molecule has 0 saturated carbocycles. The predicted molar refractivity (Wildman–Crippen MR) is 87.4 cm³/mol. The van der Waals surface area contributed by atoms with Crippen molar-refractivity contribution in [3.8, 4) is 0 Å². The molecule has 2 amide bonds. The molecule has 22 heavy (non-hydrogen) atoms. The van der Waals surface area contributed by atoms with Crippen LogP contribution in [0.25, 0.3) is 0 Å². The molecule has 1 heterocycles. The zero-order valence-electron chi connectivity index (χ0n) is 12.7. The Morgan fingerprint density at radius 2 is 2.23 bits per heavy atom. The molecule has 1 atom stereocenters. The van der Waals surface area contributed by atoms with Gasteiger partial charge < -0.3 is 15.5 Å². The maximum Gasteiger partial charge on any atom is 0.319 e. The van der Waals surface area contributed by atoms with Crippen molar-refractivity contribution in [2.24, 2.45) is 0 Å². The molecule has 0 aliphatic rings. The normalized spacial score (nSPS) is 11.8. The lowest BCUT2D eigenvalue weighted by Gasteiger charge is -2.17. The molecule has 2 aromatic rings. The van der Waals surface area contributed by atoms with Gasteiger partial charge in [0.25, 0.3) is 0 Å². The van der Waals surface area contributed by atoms with Gasteiger partial charge in [0.1, 0.15) is 12.7 Å². The van der Waals surface area contributed by atoms with Gasteiger partial charge in [0.2, 0.25) is 0 Å². The second kappa shape index (κ2) is 7.13. The van der Waals surface area contributed by atoms with E-state index >= 15 is 0 Å². The molecule has 118 valence electrons. The Labute approximate surface area is 134 Å². The average molecular weight is 323 g/mol. The molecular weight excluding hydrogens is 304 g/mol. The Hall–Kier alpha value is -2.28. The highest BCUT2D eigenvalue weighted by Crippen LogP contribution is 2.27. The lowest BCUT2D eigenvalue weighted by atomic mass is 10.2. The summed E-state index contributed by atoms with van der Waals surface area (Å²) in [5.41, 5.74) is 1.54. The van der Waals surface area contributed by atoms with Gasteiger partial charge in [0.05, 0.1) is 17.3 Å². The van der Waals surface area contributed by atoms with Crippen LogP contribution in [0.2, 0.25) is 5.02 Å². The fraction of sp³-hybridized carbons (Fsp3) is 0.357. The SMILES string of the molecule is C[C@@H](Cn1cncn1)NC(=O)Nc1ccc(N(C)C)c(Cl)c1. The minimum absolute atomic E-state index is 0.0850. The van der Waals surface area contributed by atoms with Crippen LogP contribution in [-0.4, -0.2) is 40.9 Å². The summed E-state index contributed by atoms with van der Waals surface area (Å²) in [4.78, 5) is 17.7. The molecule has 0 saturated heterocycles. The van der Waals surface area contributed by atoms with Crippen LogP contribution in [-0.2, 0) is 6.54 Å². The van der Waals surface area contributed by atoms with Gasteiger partial charge >= 0.3 is 6.03 Å². The molecule has 0 aliphatic heterocycles. The third-order valence-electron chi connectivity index (χ3n) is 2.99. The van der Waals surface area contributed by atoms with E-state index in [1.165, 1.54) is 6.33 Å². The number of carbonyl (C=O) groups is 1. The molecular formula is C14H19ClN6O. The van der Waals surface area contributed by atoms with Crippen molar-refractivity contribution < 1.29 is 4.79 Å². The first-order valence-electron chi connectivity index (χ1n) is 6.82. The molecule has 1 aromatic heterocycles. The average Bonchev–Trinajstić information content (AvgIpc) is 2.90. The van der Waals surface area contributed by atoms with Gasteiger partial charge in [-0.2, -0.15) is 5.10 Å². The number of nitrogens with one attached hydrogen (secondary N) is 2. The predicted octanol–water partition coefficient (Wildman–Crippen LogP) is 2.21. The van der Waals surface area contributed by atoms with Crippen LogP contribution < -0.4 is 15.5 Å². The molecule has 0 radical (unpaired) electrons. The monoisotopic (exact) mass is 322 g/mol. The zero-order chi connectivity index (χ0) is 16.1. The molecule has 0 fully saturated rings. The van der Waals surface area contributed by atoms with E-state index in [-0.39, 0.29) is 12.1 Å². The van der Waals surface area contributed by atoms with Gasteiger partial charge in [-0.15, -0.1) is 0 Å². The molecule has 2 rings (SSSR count). The number of hydrogen-bond donors (Lipinski definition) is 2. The maximum absolute atomic E-state index is 12.0. The van der Waals surface area contributed by atoms with Crippen LogP contribution in [0, 0.1) is 0 Å². The lowest BCUT2D eigenvalue weighted by molar-refractivity contribution is 0.247. The fourth-order valence-electron chi connectivity index (χ4n) is 1.99. The summed E-state index contributed by atoms with van der Waals surface area (Å²) >= 11 is 6.18. The first kappa shape index (κ1) is 16.1. The summed E-state index contributed by atoms with van der Waals surface area (Å²) in [5, 5.41) is 10.2. The van der Waals surface area contributed by atoms with Crippen molar-refractivity contribution >= 4 is 29.0 Å². The smallest absolute Gasteiger partial charge is 0.319 e. The number of urea groups is 1. The van der Waals surface area contributed by atoms with E-state index in [0.717, 1.165) is 5.69 Å². The lowest BCUT2D eigenvalue weighted by Crippen LogP contribution is -2.38. The number of nitrogens with zero attached hydrogens (tertiary/aromatic N) is 4. The van der Waals surface area contributed by atoms with Crippen LogP contribution in [0.1, 0.15) is 6.92 Å². The van der Waals surface area contributed by atoms with E-state index in [1.807, 2.05) is 38.1 Å². The van der Waals surface area contributed by atoms with Gasteiger partial charge in [-0.1, -0.05) is 11.6 Å². The number of carbonyl (C=O) groups excluding carboxylic acids is 1. The van der Waals surface area contributed by atoms with Crippen LogP contribution in [0.15, 0.2) is 30.9 Å². The fourth-order valence-corrected chi connectivity index (χ4v) is 2.34. The van der Waals surface area contributed by atoms with E-state index in [2.05, 4.69) is 20.7 Å². The summed E-state index contributed by atoms with van der Waals surface area (Å²) in [6.45, 7) is 2.44. The number of hydrogen-bond acceptors (Lipinski definition) is 4. The van der Waals surface area contributed by atoms with E-state index in [9.17, 15) is 4.79 Å². The Bertz CT molecular complexity index is 628. The molecule has 0 spiro atoms. The number of halogens is 1. The molecule has 2 N–H and O–H groups in total. The molecule has 0 bridgehead atoms. The maximum atomic E-state index is 12.0. The number of anilines is 2. The highest BCUT2D eigenvalue weighted by molar-refractivity contribution is 6.33. The summed E-state index contributed by atoms with van der Waals surface area (Å²) in [7, 11) is 3.82. The second-order valence-corrected chi connectivity index (χ2v) is 5.58. The Morgan fingerprint density at radius 1 is 1.45 bits per heavy atom. The van der Waals surface area contributed by atoms with Crippen molar-refractivity contribution in [3.05, 3.63) is 35.9 Å². The van der Waals surface area contributed by atoms with Gasteiger partial charge in [-0.05, 0) is 25.1 Å². The van der Waals surface area contributed by atoms with Crippen molar-refractivity contribution in [2.45, 2.75) is 19.5 Å². The second-order valence-electron chi connectivity index (χ2n) is 5.18. The molecule has 0 unspecified atom stereocenters. The third kappa shape index (κ3) is 4.36. The number of benzene rings is 1. The van der Waals surface area contributed by atoms with Crippen LogP contribution in [0.5, 0.6) is 0 Å². The summed E-state index contributed by atoms with van der Waals surface area (Å²) < 4.78 is 1.66. The largest absolute Gasteiger partial charge is 0.376 e. The van der Waals surface area contributed by atoms with Crippen LogP contribution in [0.3, 0.4) is 0 Å². The van der Waals surface area contributed by atoms with Gasteiger partial charge in [0, 0.05) is 25.8 Å². The molecule has 8 heteroatoms. The quantitative estimate of drug-likeness (QED) is 0.885. The number of aromatic nitrogens is 3. The standard InChI is InChI=1S/C14H19ClN6O/c1-10(7-21-9-16-8-17-21)18-14(22)19-11-4-5-13(20(2)3)12(15)6-11/h4-6,8-10H,7H2,1-3H3,(H2,18,19,22)/t10-/m0/s1. The Kier molecular flexibility index (Phi) is 5.21. The van der Waals surface area contributed by atoms with Gasteiger partial charge in [-0.25, -0.2) is 9.78 Å². The van der Waals surface area contributed by atoms with Crippen LogP contribution in [0.4, 0.5) is 16.2 Å². The van der Waals surface area contributed by atoms with E-state index in [1.54, 1.807) is 17.1 Å². The third-order valence-corrected chi connectivity index (χ3v) is 3.30. The van der Waals surface area contributed by atoms with Crippen molar-refractivity contribution in [1.29, 1.82) is 0 Å². The highest BCUT2D eigenvalue weighted by Gasteiger charge is 2.10. The first-order valence-corrected chi connectivity index (χ1v) is 7.20. The summed E-state index contributed by atoms with van der Waals surface area (Å²) in [6, 6.07) is 5.01. The van der Waals surface area contributed by atoms with Crippen molar-refractivity contribution in [3.63, 3.8) is 0 Å². The number of rotatable bonds is 5. The van der Waals surface area contributed by atoms with E-state index in [4.69, 9.17) is 11.6 Å². The Morgan fingerprint density at radius 3 is 2.82 bits per heavy atom. The van der Waals surface area contributed by atoms with Crippen molar-refractivity contribution in [1.82, 2.24) is 20.1 Å². The molecule has 0 aliphatic carbocycles. The zero-order valence-corrected chi connectivity index (χ0v) is 13.5. The van der Waals surface area contributed by atoms with Gasteiger partial charge in [0.15, 0.2) is 0 Å². The highest BCUT2D eigenvalue weighted by atomic mass is 35.5. The Balaban J connectivity index is 1.90. The first-order chi connectivity index (χ1) is 10.5. The summed E-state index contributed by atoms with van der Waals surface area (Å²) in [5.74, 6) is 0. The van der Waals surface area contributed by atoms with Crippen LogP contribution >= 0.6 is 11.6 Å². The van der Waals surface area contributed by atoms with E-state index < -0.39 is 0 Å². The molecule has 7 nitrogen and oxygen atoms in total. The number of amides is 2. The van der Waals surface area contributed by atoms with Crippen molar-refractivity contribution in [2.75, 3.05) is 24.3 Å². The van der Waals surface area contributed by atoms with Gasteiger partial charge in [-0.3, -0.25) is 4.68 Å². The minimum Gasteiger partial charge on any atom is -0.376 e. The minimum atomic E-state index is -0.290. The van der Waals surface area contributed by atoms with E-state index in [0.29, 0.717) is 17.3 Å². The topological polar surface area (TPSA) is 75.1 Å². The molecule has 1 aromatic carbocycles. The summed E-state index contributed by atoms with van der Waals surface area (Å²) in [6.07, 6.45) is 3.07.